The molecule has 0 atom stereocenters. The molecule has 1 aromatic rings. The molecule has 0 bridgehead atoms. The largest absolute Gasteiger partial charge is 0.197 e. The molecule has 1 aromatic carbocycles. The molecule has 102 valence electrons. The van der Waals surface area contributed by atoms with Crippen molar-refractivity contribution in [3.05, 3.63) is 34.9 Å². The molecule has 0 aliphatic heterocycles. The van der Waals surface area contributed by atoms with Crippen molar-refractivity contribution >= 4 is 13.5 Å². The first-order valence-electron chi connectivity index (χ1n) is 6.80. The van der Waals surface area contributed by atoms with E-state index in [0.29, 0.717) is 0 Å². The summed E-state index contributed by atoms with van der Waals surface area (Å²) in [6.07, 6.45) is 3.83. The maximum atomic E-state index is 2.27. The van der Waals surface area contributed by atoms with E-state index in [2.05, 4.69) is 39.0 Å². The van der Waals surface area contributed by atoms with E-state index in [9.17, 15) is 0 Å². The molecule has 0 N–H and O–H groups in total. The van der Waals surface area contributed by atoms with Gasteiger partial charge in [0.2, 0.25) is 0 Å². The van der Waals surface area contributed by atoms with Gasteiger partial charge in [0.1, 0.15) is 0 Å². The van der Waals surface area contributed by atoms with Crippen molar-refractivity contribution in [3.8, 4) is 0 Å². The Hall–Kier alpha value is -0.430. The van der Waals surface area contributed by atoms with E-state index in [0.717, 1.165) is 0 Å². The van der Waals surface area contributed by atoms with Crippen LogP contribution in [-0.2, 0) is 6.42 Å². The van der Waals surface area contributed by atoms with Crippen LogP contribution in [0, 0.1) is 13.8 Å². The van der Waals surface area contributed by atoms with Gasteiger partial charge in [0, 0.05) is 0 Å². The Bertz CT molecular complexity index is 254. The van der Waals surface area contributed by atoms with Crippen LogP contribution in [0.2, 0.25) is 0 Å². The average Bonchev–Trinajstić information content (AvgIpc) is 2.33. The first kappa shape index (κ1) is 21.8. The summed E-state index contributed by atoms with van der Waals surface area (Å²) in [5.74, 6) is 0. The zero-order chi connectivity index (χ0) is 13.0. The van der Waals surface area contributed by atoms with E-state index >= 15 is 0 Å². The molecule has 17 heavy (non-hydrogen) atoms. The van der Waals surface area contributed by atoms with Crippen molar-refractivity contribution in [2.24, 2.45) is 0 Å². The lowest BCUT2D eigenvalue weighted by atomic mass is 10.0. The van der Waals surface area contributed by atoms with Gasteiger partial charge in [0.05, 0.1) is 0 Å². The molecule has 0 fully saturated rings. The van der Waals surface area contributed by atoms with Crippen LogP contribution < -0.4 is 0 Å². The second kappa shape index (κ2) is 15.6. The quantitative estimate of drug-likeness (QED) is 0.640. The molecule has 0 saturated carbocycles. The van der Waals surface area contributed by atoms with Gasteiger partial charge >= 0.3 is 0 Å². The van der Waals surface area contributed by atoms with E-state index in [4.69, 9.17) is 0 Å². The van der Waals surface area contributed by atoms with E-state index in [-0.39, 0.29) is 13.5 Å². The molecule has 1 heteroatoms. The number of hydrogen-bond donors (Lipinski definition) is 0. The maximum Gasteiger partial charge on any atom is -0.0276 e. The Balaban J connectivity index is -0.000000355. The van der Waals surface area contributed by atoms with Crippen LogP contribution in [0.3, 0.4) is 0 Å². The highest BCUT2D eigenvalue weighted by Crippen LogP contribution is 2.12. The van der Waals surface area contributed by atoms with Crippen molar-refractivity contribution in [1.82, 2.24) is 0 Å². The number of rotatable bonds is 3. The predicted octanol–water partition coefficient (Wildman–Crippen LogP) is 5.81. The SMILES string of the molecule is CC.CC.CCCCc1ccc(C)cc1C.S. The summed E-state index contributed by atoms with van der Waals surface area (Å²) in [4.78, 5) is 0. The minimum atomic E-state index is 0. The van der Waals surface area contributed by atoms with Crippen molar-refractivity contribution < 1.29 is 0 Å². The van der Waals surface area contributed by atoms with Crippen LogP contribution in [0.5, 0.6) is 0 Å². The summed E-state index contributed by atoms with van der Waals surface area (Å²) in [6.45, 7) is 14.6. The molecular weight excluding hydrogens is 224 g/mol. The first-order chi connectivity index (χ1) is 7.74. The first-order valence-corrected chi connectivity index (χ1v) is 6.80. The second-order valence-corrected chi connectivity index (χ2v) is 3.53. The Morgan fingerprint density at radius 2 is 1.47 bits per heavy atom. The lowest BCUT2D eigenvalue weighted by molar-refractivity contribution is 0.791. The highest BCUT2D eigenvalue weighted by atomic mass is 32.1. The van der Waals surface area contributed by atoms with Crippen molar-refractivity contribution in [1.29, 1.82) is 0 Å². The fourth-order valence-corrected chi connectivity index (χ4v) is 1.49. The molecule has 0 aliphatic carbocycles. The zero-order valence-corrected chi connectivity index (χ0v) is 13.9. The van der Waals surface area contributed by atoms with Crippen LogP contribution >= 0.6 is 13.5 Å². The second-order valence-electron chi connectivity index (χ2n) is 3.53. The summed E-state index contributed by atoms with van der Waals surface area (Å²) >= 11 is 0. The molecule has 0 aliphatic rings. The number of aryl methyl sites for hydroxylation is 3. The van der Waals surface area contributed by atoms with Gasteiger partial charge in [0.25, 0.3) is 0 Å². The summed E-state index contributed by atoms with van der Waals surface area (Å²) < 4.78 is 0. The van der Waals surface area contributed by atoms with Gasteiger partial charge < -0.3 is 0 Å². The molecule has 0 unspecified atom stereocenters. The summed E-state index contributed by atoms with van der Waals surface area (Å²) in [6, 6.07) is 6.74. The minimum absolute atomic E-state index is 0. The van der Waals surface area contributed by atoms with E-state index < -0.39 is 0 Å². The van der Waals surface area contributed by atoms with Crippen LogP contribution in [0.1, 0.15) is 64.2 Å². The Morgan fingerprint density at radius 1 is 0.941 bits per heavy atom. The third-order valence-corrected chi connectivity index (χ3v) is 2.30. The van der Waals surface area contributed by atoms with Crippen LogP contribution in [0.4, 0.5) is 0 Å². The molecule has 0 amide bonds. The normalized spacial score (nSPS) is 7.94. The van der Waals surface area contributed by atoms with Gasteiger partial charge in [-0.3, -0.25) is 0 Å². The Labute approximate surface area is 116 Å². The average molecular weight is 256 g/mol. The lowest BCUT2D eigenvalue weighted by Crippen LogP contribution is -1.89. The smallest absolute Gasteiger partial charge is 0.0276 e. The molecule has 1 rings (SSSR count). The summed E-state index contributed by atoms with van der Waals surface area (Å²) in [7, 11) is 0. The number of hydrogen-bond acceptors (Lipinski definition) is 0. The predicted molar refractivity (Wildman–Crippen MR) is 87.6 cm³/mol. The van der Waals surface area contributed by atoms with E-state index in [1.54, 1.807) is 0 Å². The Morgan fingerprint density at radius 3 is 1.88 bits per heavy atom. The van der Waals surface area contributed by atoms with E-state index in [1.165, 1.54) is 36.0 Å². The highest BCUT2D eigenvalue weighted by molar-refractivity contribution is 7.59. The fourth-order valence-electron chi connectivity index (χ4n) is 1.49. The molecule has 0 radical (unpaired) electrons. The molecule has 0 aromatic heterocycles. The number of benzene rings is 1. The van der Waals surface area contributed by atoms with E-state index in [1.807, 2.05) is 27.7 Å². The monoisotopic (exact) mass is 256 g/mol. The van der Waals surface area contributed by atoms with Gasteiger partial charge in [-0.05, 0) is 37.8 Å². The standard InChI is InChI=1S/C12H18.2C2H6.H2S/c1-4-5-6-12-8-7-10(2)9-11(12)3;2*1-2;/h7-9H,4-6H2,1-3H3;2*1-2H3;1H2. The fraction of sp³-hybridized carbons (Fsp3) is 0.625. The zero-order valence-electron chi connectivity index (χ0n) is 12.9. The Kier molecular flexibility index (Phi) is 20.0. The van der Waals surface area contributed by atoms with Gasteiger partial charge in [-0.1, -0.05) is 64.8 Å². The van der Waals surface area contributed by atoms with Crippen molar-refractivity contribution in [2.75, 3.05) is 0 Å². The van der Waals surface area contributed by atoms with Crippen LogP contribution in [0.25, 0.3) is 0 Å². The van der Waals surface area contributed by atoms with Gasteiger partial charge in [-0.25, -0.2) is 0 Å². The van der Waals surface area contributed by atoms with Crippen molar-refractivity contribution in [3.63, 3.8) is 0 Å². The van der Waals surface area contributed by atoms with Gasteiger partial charge in [-0.15, -0.1) is 0 Å². The minimum Gasteiger partial charge on any atom is -0.197 e. The van der Waals surface area contributed by atoms with Gasteiger partial charge in [-0.2, -0.15) is 13.5 Å². The highest BCUT2D eigenvalue weighted by Gasteiger charge is 1.96. The number of unbranched alkanes of at least 4 members (excludes halogenated alkanes) is 1. The molecule has 0 nitrogen and oxygen atoms in total. The van der Waals surface area contributed by atoms with Crippen LogP contribution in [0.15, 0.2) is 18.2 Å². The van der Waals surface area contributed by atoms with Crippen molar-refractivity contribution in [2.45, 2.75) is 67.7 Å². The third kappa shape index (κ3) is 10.4. The summed E-state index contributed by atoms with van der Waals surface area (Å²) in [5, 5.41) is 0. The maximum absolute atomic E-state index is 2.27. The molecule has 0 spiro atoms. The summed E-state index contributed by atoms with van der Waals surface area (Å²) in [5.41, 5.74) is 4.33. The molecule has 0 saturated heterocycles. The van der Waals surface area contributed by atoms with Crippen LogP contribution in [-0.4, -0.2) is 0 Å². The topological polar surface area (TPSA) is 0 Å². The molecular formula is C16H32S. The third-order valence-electron chi connectivity index (χ3n) is 2.30. The molecule has 0 heterocycles. The lowest BCUT2D eigenvalue weighted by Gasteiger charge is -2.05. The van der Waals surface area contributed by atoms with Gasteiger partial charge in [0.15, 0.2) is 0 Å².